The minimum absolute atomic E-state index is 0.0665. The van der Waals surface area contributed by atoms with Gasteiger partial charge in [-0.05, 0) is 38.0 Å². The number of ether oxygens (including phenoxy) is 1. The van der Waals surface area contributed by atoms with Crippen LogP contribution in [0.5, 0.6) is 0 Å². The first-order valence-electron chi connectivity index (χ1n) is 10.6. The first-order valence-corrected chi connectivity index (χ1v) is 10.6. The number of aromatic nitrogens is 2. The molecule has 0 saturated carbocycles. The average molecular weight is 447 g/mol. The minimum atomic E-state index is -1.25. The number of benzene rings is 2. The lowest BCUT2D eigenvalue weighted by molar-refractivity contribution is -0.126. The summed E-state index contributed by atoms with van der Waals surface area (Å²) in [6, 6.07) is 15.2. The lowest BCUT2D eigenvalue weighted by atomic mass is 9.92. The van der Waals surface area contributed by atoms with Gasteiger partial charge in [0.1, 0.15) is 11.2 Å². The Labute approximate surface area is 192 Å². The van der Waals surface area contributed by atoms with Crippen LogP contribution in [0.1, 0.15) is 44.6 Å². The molecule has 2 aromatic carbocycles. The van der Waals surface area contributed by atoms with Gasteiger partial charge < -0.3 is 14.6 Å². The summed E-state index contributed by atoms with van der Waals surface area (Å²) >= 11 is 0. The van der Waals surface area contributed by atoms with Gasteiger partial charge >= 0.3 is 5.97 Å². The van der Waals surface area contributed by atoms with Crippen LogP contribution >= 0.6 is 0 Å². The van der Waals surface area contributed by atoms with E-state index in [1.807, 2.05) is 56.3 Å². The van der Waals surface area contributed by atoms with Crippen LogP contribution in [0.2, 0.25) is 0 Å². The second-order valence-corrected chi connectivity index (χ2v) is 8.43. The van der Waals surface area contributed by atoms with E-state index >= 15 is 0 Å². The predicted molar refractivity (Wildman–Crippen MR) is 123 cm³/mol. The van der Waals surface area contributed by atoms with Gasteiger partial charge in [0.2, 0.25) is 5.91 Å². The quantitative estimate of drug-likeness (QED) is 0.608. The van der Waals surface area contributed by atoms with Crippen LogP contribution in [0, 0.1) is 13.8 Å². The van der Waals surface area contributed by atoms with Crippen molar-refractivity contribution in [3.63, 3.8) is 0 Å². The second kappa shape index (κ2) is 8.54. The SMILES string of the molecule is COC(=O)c1ncn2c1C(=O)N(c1ccccc1C)[C@](C)(C(=O)NCc1ccc(C)cc1)C2. The highest BCUT2D eigenvalue weighted by Gasteiger charge is 2.50. The number of carbonyl (C=O) groups is 3. The molecule has 3 aromatic rings. The van der Waals surface area contributed by atoms with Gasteiger partial charge in [-0.1, -0.05) is 48.0 Å². The molecule has 0 radical (unpaired) electrons. The molecule has 1 aliphatic heterocycles. The number of nitrogens with zero attached hydrogens (tertiary/aromatic N) is 3. The third-order valence-electron chi connectivity index (χ3n) is 6.01. The van der Waals surface area contributed by atoms with E-state index in [-0.39, 0.29) is 23.8 Å². The number of aryl methyl sites for hydroxylation is 2. The van der Waals surface area contributed by atoms with Gasteiger partial charge in [0, 0.05) is 12.2 Å². The van der Waals surface area contributed by atoms with Gasteiger partial charge in [-0.25, -0.2) is 9.78 Å². The molecule has 4 rings (SSSR count). The Morgan fingerprint density at radius 2 is 1.82 bits per heavy atom. The molecule has 8 nitrogen and oxygen atoms in total. The molecule has 2 heterocycles. The number of amides is 2. The van der Waals surface area contributed by atoms with Gasteiger partial charge in [-0.2, -0.15) is 0 Å². The number of hydrogen-bond acceptors (Lipinski definition) is 5. The van der Waals surface area contributed by atoms with Crippen LogP contribution in [-0.4, -0.2) is 40.0 Å². The molecule has 8 heteroatoms. The molecule has 1 aliphatic rings. The lowest BCUT2D eigenvalue weighted by Gasteiger charge is -2.44. The Kier molecular flexibility index (Phi) is 5.76. The van der Waals surface area contributed by atoms with Crippen molar-refractivity contribution < 1.29 is 19.1 Å². The van der Waals surface area contributed by atoms with E-state index in [1.54, 1.807) is 17.6 Å². The smallest absolute Gasteiger partial charge is 0.359 e. The third kappa shape index (κ3) is 3.88. The zero-order valence-corrected chi connectivity index (χ0v) is 19.1. The Hall–Kier alpha value is -3.94. The number of carbonyl (C=O) groups excluding carboxylic acids is 3. The summed E-state index contributed by atoms with van der Waals surface area (Å²) in [4.78, 5) is 45.2. The van der Waals surface area contributed by atoms with Crippen molar-refractivity contribution >= 4 is 23.5 Å². The fourth-order valence-corrected chi connectivity index (χ4v) is 4.15. The highest BCUT2D eigenvalue weighted by Crippen LogP contribution is 2.35. The maximum absolute atomic E-state index is 13.8. The molecular formula is C25H26N4O4. The number of rotatable bonds is 5. The predicted octanol–water partition coefficient (Wildman–Crippen LogP) is 3.02. The number of hydrogen-bond donors (Lipinski definition) is 1. The summed E-state index contributed by atoms with van der Waals surface area (Å²) in [6.45, 7) is 6.06. The largest absolute Gasteiger partial charge is 0.464 e. The average Bonchev–Trinajstić information content (AvgIpc) is 3.23. The monoisotopic (exact) mass is 446 g/mol. The first-order chi connectivity index (χ1) is 15.8. The molecule has 0 bridgehead atoms. The fourth-order valence-electron chi connectivity index (χ4n) is 4.15. The summed E-state index contributed by atoms with van der Waals surface area (Å²) in [5.74, 6) is -1.49. The molecule has 33 heavy (non-hydrogen) atoms. The number of methoxy groups -OCH3 is 1. The van der Waals surface area contributed by atoms with Gasteiger partial charge in [0.25, 0.3) is 5.91 Å². The molecule has 1 atom stereocenters. The number of fused-ring (bicyclic) bond motifs is 1. The highest BCUT2D eigenvalue weighted by molar-refractivity contribution is 6.15. The number of nitrogens with one attached hydrogen (secondary N) is 1. The Morgan fingerprint density at radius 3 is 2.48 bits per heavy atom. The summed E-state index contributed by atoms with van der Waals surface area (Å²) in [5.41, 5.74) is 2.30. The number of anilines is 1. The van der Waals surface area contributed by atoms with E-state index < -0.39 is 17.4 Å². The molecule has 170 valence electrons. The van der Waals surface area contributed by atoms with Crippen molar-refractivity contribution in [1.82, 2.24) is 14.9 Å². The number of esters is 1. The van der Waals surface area contributed by atoms with Crippen LogP contribution in [0.4, 0.5) is 5.69 Å². The third-order valence-corrected chi connectivity index (χ3v) is 6.01. The van der Waals surface area contributed by atoms with Gasteiger partial charge in [0.05, 0.1) is 20.0 Å². The normalized spacial score (nSPS) is 17.5. The van der Waals surface area contributed by atoms with Crippen molar-refractivity contribution in [1.29, 1.82) is 0 Å². The van der Waals surface area contributed by atoms with Crippen molar-refractivity contribution in [2.45, 2.75) is 39.4 Å². The molecule has 0 aliphatic carbocycles. The fraction of sp³-hybridized carbons (Fsp3) is 0.280. The Bertz CT molecular complexity index is 1230. The molecule has 0 unspecified atom stereocenters. The van der Waals surface area contributed by atoms with Crippen molar-refractivity contribution in [2.75, 3.05) is 12.0 Å². The molecule has 0 fully saturated rings. The van der Waals surface area contributed by atoms with E-state index in [0.29, 0.717) is 12.2 Å². The maximum atomic E-state index is 13.8. The van der Waals surface area contributed by atoms with E-state index in [4.69, 9.17) is 4.74 Å². The van der Waals surface area contributed by atoms with Crippen LogP contribution in [0.3, 0.4) is 0 Å². The maximum Gasteiger partial charge on any atom is 0.359 e. The molecular weight excluding hydrogens is 420 g/mol. The standard InChI is InChI=1S/C25H26N4O4/c1-16-9-11-18(12-10-16)13-26-24(32)25(3)14-28-15-27-20(23(31)33-4)21(28)22(30)29(25)19-8-6-5-7-17(19)2/h5-12,15H,13-14H2,1-4H3,(H,26,32)/t25-/m0/s1. The van der Waals surface area contributed by atoms with E-state index in [9.17, 15) is 14.4 Å². The van der Waals surface area contributed by atoms with E-state index in [1.165, 1.54) is 18.3 Å². The number of para-hydroxylation sites is 1. The van der Waals surface area contributed by atoms with Crippen molar-refractivity contribution in [3.05, 3.63) is 82.9 Å². The summed E-state index contributed by atoms with van der Waals surface area (Å²) < 4.78 is 6.35. The molecule has 2 amide bonds. The highest BCUT2D eigenvalue weighted by atomic mass is 16.5. The van der Waals surface area contributed by atoms with Crippen molar-refractivity contribution in [2.24, 2.45) is 0 Å². The zero-order valence-electron chi connectivity index (χ0n) is 19.1. The second-order valence-electron chi connectivity index (χ2n) is 8.43. The molecule has 0 saturated heterocycles. The first kappa shape index (κ1) is 22.3. The molecule has 0 spiro atoms. The zero-order chi connectivity index (χ0) is 23.8. The van der Waals surface area contributed by atoms with Crippen LogP contribution in [-0.2, 0) is 22.6 Å². The molecule has 1 aromatic heterocycles. The topological polar surface area (TPSA) is 93.5 Å². The summed E-state index contributed by atoms with van der Waals surface area (Å²) in [5, 5.41) is 2.98. The van der Waals surface area contributed by atoms with E-state index in [2.05, 4.69) is 10.3 Å². The van der Waals surface area contributed by atoms with Crippen molar-refractivity contribution in [3.8, 4) is 0 Å². The Balaban J connectivity index is 1.75. The summed E-state index contributed by atoms with van der Waals surface area (Å²) in [7, 11) is 1.24. The number of imidazole rings is 1. The van der Waals surface area contributed by atoms with Crippen LogP contribution in [0.15, 0.2) is 54.9 Å². The van der Waals surface area contributed by atoms with Gasteiger partial charge in [-0.3, -0.25) is 14.5 Å². The lowest BCUT2D eigenvalue weighted by Crippen LogP contribution is -2.64. The Morgan fingerprint density at radius 1 is 1.12 bits per heavy atom. The molecule has 1 N–H and O–H groups in total. The van der Waals surface area contributed by atoms with Gasteiger partial charge in [0.15, 0.2) is 5.69 Å². The van der Waals surface area contributed by atoms with Gasteiger partial charge in [-0.15, -0.1) is 0 Å². The van der Waals surface area contributed by atoms with Crippen LogP contribution < -0.4 is 10.2 Å². The van der Waals surface area contributed by atoms with E-state index in [0.717, 1.165) is 16.7 Å². The minimum Gasteiger partial charge on any atom is -0.464 e. The van der Waals surface area contributed by atoms with Crippen LogP contribution in [0.25, 0.3) is 0 Å². The summed E-state index contributed by atoms with van der Waals surface area (Å²) in [6.07, 6.45) is 1.40.